The minimum absolute atomic E-state index is 0.0920. The molecule has 0 radical (unpaired) electrons. The number of esters is 3. The van der Waals surface area contributed by atoms with E-state index in [1.54, 1.807) is 0 Å². The van der Waals surface area contributed by atoms with Gasteiger partial charge in [0.1, 0.15) is 13.2 Å². The Bertz CT molecular complexity index is 1540. The molecule has 0 aliphatic carbocycles. The molecule has 0 rings (SSSR count). The third-order valence-electron chi connectivity index (χ3n) is 14.6. The van der Waals surface area contributed by atoms with Crippen molar-refractivity contribution in [3.8, 4) is 0 Å². The normalized spacial score (nSPS) is 12.7. The summed E-state index contributed by atoms with van der Waals surface area (Å²) in [5, 5.41) is 0. The molecule has 454 valence electrons. The zero-order valence-corrected chi connectivity index (χ0v) is 52.1. The first-order valence-corrected chi connectivity index (χ1v) is 33.7. The lowest BCUT2D eigenvalue weighted by Gasteiger charge is -2.18. The van der Waals surface area contributed by atoms with Gasteiger partial charge in [0.15, 0.2) is 6.10 Å². The Balaban J connectivity index is 4.14. The molecule has 0 heterocycles. The molecule has 0 aliphatic heterocycles. The van der Waals surface area contributed by atoms with E-state index < -0.39 is 6.10 Å². The van der Waals surface area contributed by atoms with Crippen LogP contribution in [0.4, 0.5) is 0 Å². The molecule has 0 fully saturated rings. The van der Waals surface area contributed by atoms with Crippen LogP contribution >= 0.6 is 0 Å². The predicted molar refractivity (Wildman–Crippen MR) is 344 cm³/mol. The maximum absolute atomic E-state index is 12.9. The average Bonchev–Trinajstić information content (AvgIpc) is 3.45. The molecular weight excluding hydrogens is 973 g/mol. The number of unbranched alkanes of at least 4 members (excludes halogenated alkanes) is 34. The number of rotatable bonds is 61. The van der Waals surface area contributed by atoms with E-state index in [2.05, 4.69) is 118 Å². The zero-order chi connectivity index (χ0) is 57.1. The molecule has 0 spiro atoms. The first-order chi connectivity index (χ1) is 39.0. The summed E-state index contributed by atoms with van der Waals surface area (Å²) in [5.41, 5.74) is 0. The van der Waals surface area contributed by atoms with Crippen molar-refractivity contribution < 1.29 is 28.6 Å². The van der Waals surface area contributed by atoms with Gasteiger partial charge in [-0.15, -0.1) is 0 Å². The molecule has 0 N–H and O–H groups in total. The molecule has 0 aromatic heterocycles. The Kier molecular flexibility index (Phi) is 63.7. The predicted octanol–water partition coefficient (Wildman–Crippen LogP) is 23.2. The van der Waals surface area contributed by atoms with Crippen molar-refractivity contribution in [1.82, 2.24) is 0 Å². The van der Waals surface area contributed by atoms with Crippen LogP contribution in [0.1, 0.15) is 329 Å². The van der Waals surface area contributed by atoms with Crippen LogP contribution in [0, 0.1) is 0 Å². The fraction of sp³-hybridized carbons (Fsp3) is 0.740. The van der Waals surface area contributed by atoms with Gasteiger partial charge in [0.05, 0.1) is 0 Å². The van der Waals surface area contributed by atoms with E-state index in [-0.39, 0.29) is 31.1 Å². The van der Waals surface area contributed by atoms with Gasteiger partial charge < -0.3 is 14.2 Å². The first-order valence-electron chi connectivity index (χ1n) is 33.7. The number of carbonyl (C=O) groups is 3. The van der Waals surface area contributed by atoms with Crippen molar-refractivity contribution in [3.05, 3.63) is 97.2 Å². The largest absolute Gasteiger partial charge is 0.462 e. The van der Waals surface area contributed by atoms with E-state index in [0.29, 0.717) is 19.3 Å². The third kappa shape index (κ3) is 65.0. The Hall–Kier alpha value is -3.67. The second-order valence-corrected chi connectivity index (χ2v) is 22.3. The van der Waals surface area contributed by atoms with E-state index in [0.717, 1.165) is 128 Å². The molecular formula is C73H126O6. The molecule has 6 heteroatoms. The van der Waals surface area contributed by atoms with E-state index in [1.807, 2.05) is 0 Å². The Morgan fingerprint density at radius 3 is 0.785 bits per heavy atom. The zero-order valence-electron chi connectivity index (χ0n) is 52.1. The van der Waals surface area contributed by atoms with E-state index in [1.165, 1.54) is 161 Å². The fourth-order valence-electron chi connectivity index (χ4n) is 9.56. The minimum Gasteiger partial charge on any atom is -0.462 e. The van der Waals surface area contributed by atoms with Crippen molar-refractivity contribution >= 4 is 17.9 Å². The Labute approximate surface area is 489 Å². The summed E-state index contributed by atoms with van der Waals surface area (Å²) in [6.07, 6.45) is 90.2. The van der Waals surface area contributed by atoms with Crippen LogP contribution in [0.5, 0.6) is 0 Å². The summed E-state index contributed by atoms with van der Waals surface area (Å²) in [7, 11) is 0. The van der Waals surface area contributed by atoms with Crippen molar-refractivity contribution in [3.63, 3.8) is 0 Å². The lowest BCUT2D eigenvalue weighted by atomic mass is 10.0. The monoisotopic (exact) mass is 1100 g/mol. The summed E-state index contributed by atoms with van der Waals surface area (Å²) in [6, 6.07) is 0. The molecule has 0 aromatic rings. The summed E-state index contributed by atoms with van der Waals surface area (Å²) < 4.78 is 16.9. The Morgan fingerprint density at radius 2 is 0.494 bits per heavy atom. The van der Waals surface area contributed by atoms with Gasteiger partial charge in [-0.25, -0.2) is 0 Å². The van der Waals surface area contributed by atoms with Gasteiger partial charge in [0, 0.05) is 19.3 Å². The van der Waals surface area contributed by atoms with Gasteiger partial charge in [-0.05, 0) is 116 Å². The first kappa shape index (κ1) is 75.3. The summed E-state index contributed by atoms with van der Waals surface area (Å²) in [5.74, 6) is -0.930. The molecule has 0 bridgehead atoms. The van der Waals surface area contributed by atoms with E-state index in [9.17, 15) is 14.4 Å². The van der Waals surface area contributed by atoms with Crippen molar-refractivity contribution in [2.75, 3.05) is 13.2 Å². The highest BCUT2D eigenvalue weighted by atomic mass is 16.6. The molecule has 0 saturated heterocycles. The molecule has 6 nitrogen and oxygen atoms in total. The van der Waals surface area contributed by atoms with Crippen LogP contribution in [0.3, 0.4) is 0 Å². The maximum atomic E-state index is 12.9. The number of hydrogen-bond acceptors (Lipinski definition) is 6. The SMILES string of the molecule is CC/C=C\C/C=C\C/C=C\CCCCCCCC(=O)OC(COC(=O)CCCCC/C=C\C/C=C\C/C=C\CC)COC(=O)CCCCCCCCCCCCCCCCCCCCCCC/C=C\C/C=C\CCCCCCC. The smallest absolute Gasteiger partial charge is 0.306 e. The quantitative estimate of drug-likeness (QED) is 0.0261. The van der Waals surface area contributed by atoms with Crippen LogP contribution in [0.2, 0.25) is 0 Å². The highest BCUT2D eigenvalue weighted by Gasteiger charge is 2.19. The molecule has 1 atom stereocenters. The highest BCUT2D eigenvalue weighted by molar-refractivity contribution is 5.71. The molecule has 0 saturated carbocycles. The lowest BCUT2D eigenvalue weighted by Crippen LogP contribution is -2.30. The van der Waals surface area contributed by atoms with E-state index >= 15 is 0 Å². The molecule has 0 amide bonds. The van der Waals surface area contributed by atoms with Gasteiger partial charge in [0.2, 0.25) is 0 Å². The topological polar surface area (TPSA) is 78.9 Å². The van der Waals surface area contributed by atoms with Crippen LogP contribution in [-0.4, -0.2) is 37.2 Å². The van der Waals surface area contributed by atoms with Gasteiger partial charge in [-0.1, -0.05) is 291 Å². The number of hydrogen-bond donors (Lipinski definition) is 0. The number of ether oxygens (including phenoxy) is 3. The van der Waals surface area contributed by atoms with Gasteiger partial charge in [-0.3, -0.25) is 14.4 Å². The molecule has 0 aromatic carbocycles. The summed E-state index contributed by atoms with van der Waals surface area (Å²) >= 11 is 0. The third-order valence-corrected chi connectivity index (χ3v) is 14.6. The highest BCUT2D eigenvalue weighted by Crippen LogP contribution is 2.17. The summed E-state index contributed by atoms with van der Waals surface area (Å²) in [6.45, 7) is 6.39. The van der Waals surface area contributed by atoms with Gasteiger partial charge in [-0.2, -0.15) is 0 Å². The number of carbonyl (C=O) groups excluding carboxylic acids is 3. The van der Waals surface area contributed by atoms with Gasteiger partial charge >= 0.3 is 17.9 Å². The maximum Gasteiger partial charge on any atom is 0.306 e. The number of allylic oxidation sites excluding steroid dienone is 16. The fourth-order valence-corrected chi connectivity index (χ4v) is 9.56. The molecule has 0 aliphatic rings. The molecule has 1 unspecified atom stereocenters. The lowest BCUT2D eigenvalue weighted by molar-refractivity contribution is -0.167. The van der Waals surface area contributed by atoms with Gasteiger partial charge in [0.25, 0.3) is 0 Å². The van der Waals surface area contributed by atoms with Crippen LogP contribution < -0.4 is 0 Å². The van der Waals surface area contributed by atoms with Crippen molar-refractivity contribution in [2.24, 2.45) is 0 Å². The van der Waals surface area contributed by atoms with Crippen LogP contribution in [0.15, 0.2) is 97.2 Å². The summed E-state index contributed by atoms with van der Waals surface area (Å²) in [4.78, 5) is 38.3. The van der Waals surface area contributed by atoms with E-state index in [4.69, 9.17) is 14.2 Å². The van der Waals surface area contributed by atoms with Crippen molar-refractivity contribution in [2.45, 2.75) is 335 Å². The second kappa shape index (κ2) is 66.8. The average molecular weight is 1100 g/mol. The van der Waals surface area contributed by atoms with Crippen LogP contribution in [-0.2, 0) is 28.6 Å². The van der Waals surface area contributed by atoms with Crippen molar-refractivity contribution in [1.29, 1.82) is 0 Å². The van der Waals surface area contributed by atoms with Crippen LogP contribution in [0.25, 0.3) is 0 Å². The molecule has 79 heavy (non-hydrogen) atoms. The second-order valence-electron chi connectivity index (χ2n) is 22.3. The Morgan fingerprint density at radius 1 is 0.266 bits per heavy atom. The standard InChI is InChI=1S/C73H126O6/c1-4-7-10-13-16-19-22-25-27-28-29-30-31-32-33-34-35-36-37-38-39-40-41-42-43-44-46-48-51-54-57-60-63-66-72(75)78-69-70(68-77-71(74)65-62-59-56-53-50-47-24-21-18-15-12-9-6-3)79-73(76)67-64-61-58-55-52-49-45-26-23-20-17-14-11-8-5-2/h8-9,11-12,17-18,20-22,25-26,28-29,45,47,50,70H,4-7,10,13-16,19,23-24,27,30-44,46,48-49,51-69H2,1-3H3/b11-8-,12-9-,20-17-,21-18-,25-22-,29-28-,45-26-,50-47-. The minimum atomic E-state index is -0.799.